The van der Waals surface area contributed by atoms with Gasteiger partial charge in [0.15, 0.2) is 6.61 Å². The van der Waals surface area contributed by atoms with E-state index in [4.69, 9.17) is 4.74 Å². The Morgan fingerprint density at radius 2 is 1.67 bits per heavy atom. The molecule has 0 aliphatic carbocycles. The number of nitrogens with zero attached hydrogens (tertiary/aromatic N) is 1. The number of hydrogen-bond donors (Lipinski definition) is 2. The second-order valence-electron chi connectivity index (χ2n) is 6.69. The van der Waals surface area contributed by atoms with Gasteiger partial charge in [0.2, 0.25) is 0 Å². The van der Waals surface area contributed by atoms with Gasteiger partial charge in [-0.05, 0) is 72.3 Å². The summed E-state index contributed by atoms with van der Waals surface area (Å²) in [5.41, 5.74) is 2.06. The van der Waals surface area contributed by atoms with Gasteiger partial charge in [-0.2, -0.15) is 18.3 Å². The molecule has 0 atom stereocenters. The minimum atomic E-state index is -4.55. The number of rotatable bonds is 7. The summed E-state index contributed by atoms with van der Waals surface area (Å²) in [6, 6.07) is 15.6. The number of carbonyl (C=O) groups excluding carboxylic acids is 2. The number of carbonyl (C=O) groups is 2. The summed E-state index contributed by atoms with van der Waals surface area (Å²) in [4.78, 5) is 23.9. The number of hydrogen-bond acceptors (Lipinski definition) is 4. The van der Waals surface area contributed by atoms with Crippen LogP contribution in [0.25, 0.3) is 0 Å². The first-order valence-electron chi connectivity index (χ1n) is 9.50. The average molecular weight is 459 g/mol. The van der Waals surface area contributed by atoms with E-state index in [1.54, 1.807) is 24.3 Å². The van der Waals surface area contributed by atoms with Crippen LogP contribution in [0.3, 0.4) is 0 Å². The summed E-state index contributed by atoms with van der Waals surface area (Å²) < 4.78 is 56.5. The standard InChI is InChI=1S/C23H17F4N3O3/c24-18-6-8-19(9-7-18)29-21(31)14-33-20-10-4-15(5-11-20)13-28-30-22(32)16-2-1-3-17(12-16)23(25,26)27/h1-13H,14H2,(H,29,31)(H,30,32)/b28-13-. The van der Waals surface area contributed by atoms with Crippen LogP contribution >= 0.6 is 0 Å². The molecule has 0 unspecified atom stereocenters. The topological polar surface area (TPSA) is 79.8 Å². The highest BCUT2D eigenvalue weighted by atomic mass is 19.4. The molecule has 33 heavy (non-hydrogen) atoms. The average Bonchev–Trinajstić information content (AvgIpc) is 2.79. The highest BCUT2D eigenvalue weighted by Gasteiger charge is 2.30. The Kier molecular flexibility index (Phi) is 7.39. The van der Waals surface area contributed by atoms with Crippen LogP contribution < -0.4 is 15.5 Å². The van der Waals surface area contributed by atoms with Gasteiger partial charge in [0.05, 0.1) is 11.8 Å². The van der Waals surface area contributed by atoms with E-state index in [2.05, 4.69) is 15.8 Å². The second kappa shape index (κ2) is 10.4. The van der Waals surface area contributed by atoms with Crippen LogP contribution in [0.1, 0.15) is 21.5 Å². The normalized spacial score (nSPS) is 11.3. The van der Waals surface area contributed by atoms with E-state index in [-0.39, 0.29) is 12.2 Å². The van der Waals surface area contributed by atoms with E-state index in [0.717, 1.165) is 18.2 Å². The predicted molar refractivity (Wildman–Crippen MR) is 113 cm³/mol. The van der Waals surface area contributed by atoms with E-state index in [0.29, 0.717) is 17.0 Å². The van der Waals surface area contributed by atoms with Gasteiger partial charge in [-0.15, -0.1) is 0 Å². The van der Waals surface area contributed by atoms with Crippen molar-refractivity contribution in [3.8, 4) is 5.75 Å². The number of hydrazone groups is 1. The lowest BCUT2D eigenvalue weighted by molar-refractivity contribution is -0.137. The predicted octanol–water partition coefficient (Wildman–Crippen LogP) is 4.63. The van der Waals surface area contributed by atoms with Crippen LogP contribution in [0, 0.1) is 5.82 Å². The second-order valence-corrected chi connectivity index (χ2v) is 6.69. The van der Waals surface area contributed by atoms with Gasteiger partial charge in [0, 0.05) is 11.3 Å². The fraction of sp³-hybridized carbons (Fsp3) is 0.0870. The van der Waals surface area contributed by atoms with Gasteiger partial charge in [0.1, 0.15) is 11.6 Å². The maximum absolute atomic E-state index is 12.9. The zero-order valence-corrected chi connectivity index (χ0v) is 16.9. The van der Waals surface area contributed by atoms with Crippen molar-refractivity contribution in [1.29, 1.82) is 0 Å². The lowest BCUT2D eigenvalue weighted by Gasteiger charge is -2.08. The van der Waals surface area contributed by atoms with E-state index in [9.17, 15) is 27.2 Å². The third-order valence-corrected chi connectivity index (χ3v) is 4.21. The fourth-order valence-electron chi connectivity index (χ4n) is 2.60. The Labute approximate surface area is 185 Å². The first-order chi connectivity index (χ1) is 15.7. The van der Waals surface area contributed by atoms with Crippen LogP contribution in [-0.4, -0.2) is 24.6 Å². The molecule has 3 aromatic rings. The molecule has 170 valence electrons. The summed E-state index contributed by atoms with van der Waals surface area (Å²) >= 11 is 0. The quantitative estimate of drug-likeness (QED) is 0.307. The molecule has 0 saturated heterocycles. The molecule has 0 bridgehead atoms. The summed E-state index contributed by atoms with van der Waals surface area (Å²) in [6.45, 7) is -0.266. The summed E-state index contributed by atoms with van der Waals surface area (Å²) in [6.07, 6.45) is -3.25. The van der Waals surface area contributed by atoms with Gasteiger partial charge < -0.3 is 10.1 Å². The SMILES string of the molecule is O=C(COc1ccc(/C=N\NC(=O)c2cccc(C(F)(F)F)c2)cc1)Nc1ccc(F)cc1. The third-order valence-electron chi connectivity index (χ3n) is 4.21. The molecule has 0 aliphatic rings. The van der Waals surface area contributed by atoms with E-state index < -0.39 is 29.4 Å². The van der Waals surface area contributed by atoms with Crippen molar-refractivity contribution in [2.75, 3.05) is 11.9 Å². The van der Waals surface area contributed by atoms with Crippen molar-refractivity contribution in [2.24, 2.45) is 5.10 Å². The van der Waals surface area contributed by atoms with Crippen molar-refractivity contribution in [3.63, 3.8) is 0 Å². The molecule has 0 heterocycles. The van der Waals surface area contributed by atoms with Gasteiger partial charge in [-0.1, -0.05) is 6.07 Å². The van der Waals surface area contributed by atoms with Crippen LogP contribution in [0.15, 0.2) is 77.9 Å². The monoisotopic (exact) mass is 459 g/mol. The molecule has 0 aromatic heterocycles. The molecule has 6 nitrogen and oxygen atoms in total. The molecule has 2 N–H and O–H groups in total. The highest BCUT2D eigenvalue weighted by molar-refractivity contribution is 5.95. The van der Waals surface area contributed by atoms with Crippen molar-refractivity contribution in [2.45, 2.75) is 6.18 Å². The van der Waals surface area contributed by atoms with Gasteiger partial charge >= 0.3 is 6.18 Å². The van der Waals surface area contributed by atoms with Crippen molar-refractivity contribution in [1.82, 2.24) is 5.43 Å². The molecule has 3 rings (SSSR count). The fourth-order valence-corrected chi connectivity index (χ4v) is 2.60. The molecular formula is C23H17F4N3O3. The largest absolute Gasteiger partial charge is 0.484 e. The molecule has 0 radical (unpaired) electrons. The zero-order chi connectivity index (χ0) is 23.8. The Bertz CT molecular complexity index is 1140. The van der Waals surface area contributed by atoms with Crippen LogP contribution in [0.4, 0.5) is 23.2 Å². The van der Waals surface area contributed by atoms with Crippen molar-refractivity contribution in [3.05, 3.63) is 95.3 Å². The zero-order valence-electron chi connectivity index (χ0n) is 16.9. The molecule has 3 aromatic carbocycles. The summed E-state index contributed by atoms with van der Waals surface area (Å²) in [7, 11) is 0. The van der Waals surface area contributed by atoms with E-state index in [1.807, 2.05) is 0 Å². The van der Waals surface area contributed by atoms with Crippen LogP contribution in [0.5, 0.6) is 5.75 Å². The molecule has 10 heteroatoms. The van der Waals surface area contributed by atoms with Gasteiger partial charge in [0.25, 0.3) is 11.8 Å². The Hall–Kier alpha value is -4.21. The van der Waals surface area contributed by atoms with Crippen molar-refractivity contribution < 1.29 is 31.9 Å². The minimum absolute atomic E-state index is 0.176. The molecule has 0 aliphatic heterocycles. The molecule has 0 fully saturated rings. The number of nitrogens with one attached hydrogen (secondary N) is 2. The lowest BCUT2D eigenvalue weighted by atomic mass is 10.1. The molecule has 0 saturated carbocycles. The minimum Gasteiger partial charge on any atom is -0.484 e. The van der Waals surface area contributed by atoms with Gasteiger partial charge in [-0.25, -0.2) is 9.82 Å². The first kappa shape index (κ1) is 23.5. The maximum atomic E-state index is 12.9. The Morgan fingerprint density at radius 1 is 0.970 bits per heavy atom. The number of benzene rings is 3. The third kappa shape index (κ3) is 7.17. The summed E-state index contributed by atoms with van der Waals surface area (Å²) in [5.74, 6) is -1.23. The van der Waals surface area contributed by atoms with Crippen molar-refractivity contribution >= 4 is 23.7 Å². The smallest absolute Gasteiger partial charge is 0.416 e. The number of alkyl halides is 3. The van der Waals surface area contributed by atoms with Crippen LogP contribution in [0.2, 0.25) is 0 Å². The van der Waals surface area contributed by atoms with Crippen LogP contribution in [-0.2, 0) is 11.0 Å². The summed E-state index contributed by atoms with van der Waals surface area (Å²) in [5, 5.41) is 6.29. The highest BCUT2D eigenvalue weighted by Crippen LogP contribution is 2.29. The number of halogens is 4. The Balaban J connectivity index is 1.48. The molecular weight excluding hydrogens is 442 g/mol. The van der Waals surface area contributed by atoms with E-state index >= 15 is 0 Å². The maximum Gasteiger partial charge on any atom is 0.416 e. The molecule has 2 amide bonds. The molecule has 0 spiro atoms. The number of ether oxygens (including phenoxy) is 1. The Morgan fingerprint density at radius 3 is 2.33 bits per heavy atom. The number of anilines is 1. The first-order valence-corrected chi connectivity index (χ1v) is 9.50. The number of amides is 2. The van der Waals surface area contributed by atoms with E-state index in [1.165, 1.54) is 36.5 Å². The van der Waals surface area contributed by atoms with Gasteiger partial charge in [-0.3, -0.25) is 9.59 Å². The lowest BCUT2D eigenvalue weighted by Crippen LogP contribution is -2.20.